The molecule has 0 saturated carbocycles. The Bertz CT molecular complexity index is 806. The van der Waals surface area contributed by atoms with Gasteiger partial charge in [-0.25, -0.2) is 0 Å². The number of halogens is 1. The number of carbonyl (C=O) groups excluding carboxylic acids is 2. The third-order valence-corrected chi connectivity index (χ3v) is 4.07. The van der Waals surface area contributed by atoms with Gasteiger partial charge < -0.3 is 10.1 Å². The van der Waals surface area contributed by atoms with Gasteiger partial charge in [0.2, 0.25) is 0 Å². The lowest BCUT2D eigenvalue weighted by Gasteiger charge is -2.11. The molecule has 2 aromatic rings. The summed E-state index contributed by atoms with van der Waals surface area (Å²) in [5, 5.41) is 5.58. The second kappa shape index (κ2) is 8.73. The zero-order chi connectivity index (χ0) is 18.4. The van der Waals surface area contributed by atoms with Gasteiger partial charge in [0, 0.05) is 11.3 Å². The first-order valence-electron chi connectivity index (χ1n) is 7.46. The number of carbonyl (C=O) groups is 2. The summed E-state index contributed by atoms with van der Waals surface area (Å²) in [6, 6.07) is 12.4. The molecule has 0 aliphatic carbocycles. The molecule has 2 N–H and O–H groups in total. The highest BCUT2D eigenvalue weighted by Crippen LogP contribution is 2.25. The van der Waals surface area contributed by atoms with E-state index < -0.39 is 0 Å². The van der Waals surface area contributed by atoms with Gasteiger partial charge in [-0.2, -0.15) is 0 Å². The van der Waals surface area contributed by atoms with Crippen LogP contribution in [0.15, 0.2) is 46.9 Å². The highest BCUT2D eigenvalue weighted by atomic mass is 79.9. The molecule has 0 aliphatic rings. The van der Waals surface area contributed by atoms with Crippen LogP contribution in [0.25, 0.3) is 0 Å². The number of aryl methyl sites for hydroxylation is 1. The molecule has 0 aliphatic heterocycles. The molecule has 1 amide bonds. The lowest BCUT2D eigenvalue weighted by molar-refractivity contribution is -0.121. The second-order valence-corrected chi connectivity index (χ2v) is 6.62. The van der Waals surface area contributed by atoms with Crippen LogP contribution in [0.1, 0.15) is 22.8 Å². The number of benzene rings is 2. The van der Waals surface area contributed by atoms with Crippen molar-refractivity contribution in [1.82, 2.24) is 5.32 Å². The minimum Gasteiger partial charge on any atom is -0.483 e. The highest BCUT2D eigenvalue weighted by molar-refractivity contribution is 9.10. The zero-order valence-electron chi connectivity index (χ0n) is 13.8. The molecule has 7 heteroatoms. The Labute approximate surface area is 159 Å². The van der Waals surface area contributed by atoms with Gasteiger partial charge in [0.05, 0.1) is 4.47 Å². The molecule has 0 bridgehead atoms. The molecule has 25 heavy (non-hydrogen) atoms. The standard InChI is InChI=1S/C18H17BrN2O3S/c1-11-3-8-16(15(19)9-11)24-10-17(23)21-18(25)20-14-6-4-13(5-7-14)12(2)22/h3-9H,10H2,1-2H3,(H2,20,21,23,25). The predicted molar refractivity (Wildman–Crippen MR) is 105 cm³/mol. The van der Waals surface area contributed by atoms with Gasteiger partial charge in [0.25, 0.3) is 5.91 Å². The normalized spacial score (nSPS) is 10.0. The van der Waals surface area contributed by atoms with Crippen LogP contribution in [0, 0.1) is 6.92 Å². The maximum atomic E-state index is 11.9. The molecular weight excluding hydrogens is 404 g/mol. The van der Waals surface area contributed by atoms with E-state index in [1.807, 2.05) is 19.1 Å². The molecule has 0 aromatic heterocycles. The van der Waals surface area contributed by atoms with E-state index in [2.05, 4.69) is 26.6 Å². The van der Waals surface area contributed by atoms with Crippen molar-refractivity contribution in [2.24, 2.45) is 0 Å². The summed E-state index contributed by atoms with van der Waals surface area (Å²) in [5.41, 5.74) is 2.37. The van der Waals surface area contributed by atoms with Crippen LogP contribution < -0.4 is 15.4 Å². The lowest BCUT2D eigenvalue weighted by atomic mass is 10.1. The van der Waals surface area contributed by atoms with Crippen molar-refractivity contribution >= 4 is 50.6 Å². The number of thiocarbonyl (C=S) groups is 1. The summed E-state index contributed by atoms with van der Waals surface area (Å²) in [6.07, 6.45) is 0. The number of ether oxygens (including phenoxy) is 1. The number of anilines is 1. The maximum Gasteiger partial charge on any atom is 0.264 e. The Kier molecular flexibility index (Phi) is 6.66. The molecule has 0 unspecified atom stereocenters. The van der Waals surface area contributed by atoms with Crippen molar-refractivity contribution in [1.29, 1.82) is 0 Å². The Hall–Kier alpha value is -2.25. The fourth-order valence-corrected chi connectivity index (χ4v) is 2.82. The van der Waals surface area contributed by atoms with Gasteiger partial charge in [-0.3, -0.25) is 14.9 Å². The quantitative estimate of drug-likeness (QED) is 0.567. The summed E-state index contributed by atoms with van der Waals surface area (Å²) in [6.45, 7) is 3.31. The molecule has 0 atom stereocenters. The number of hydrogen-bond donors (Lipinski definition) is 2. The van der Waals surface area contributed by atoms with Crippen LogP contribution in [0.4, 0.5) is 5.69 Å². The van der Waals surface area contributed by atoms with E-state index in [4.69, 9.17) is 17.0 Å². The van der Waals surface area contributed by atoms with Gasteiger partial charge in [0.15, 0.2) is 17.5 Å². The molecule has 0 fully saturated rings. The van der Waals surface area contributed by atoms with Crippen molar-refractivity contribution in [3.63, 3.8) is 0 Å². The number of hydrogen-bond acceptors (Lipinski definition) is 4. The van der Waals surface area contributed by atoms with Gasteiger partial charge in [-0.1, -0.05) is 6.07 Å². The SMILES string of the molecule is CC(=O)c1ccc(NC(=S)NC(=O)COc2ccc(C)cc2Br)cc1. The van der Waals surface area contributed by atoms with Crippen molar-refractivity contribution in [2.45, 2.75) is 13.8 Å². The second-order valence-electron chi connectivity index (χ2n) is 5.36. The van der Waals surface area contributed by atoms with E-state index in [1.54, 1.807) is 30.3 Å². The fourth-order valence-electron chi connectivity index (χ4n) is 1.98. The summed E-state index contributed by atoms with van der Waals surface area (Å²) in [5.74, 6) is 0.201. The van der Waals surface area contributed by atoms with Crippen LogP contribution in [-0.2, 0) is 4.79 Å². The average Bonchev–Trinajstić information content (AvgIpc) is 2.54. The Balaban J connectivity index is 1.83. The van der Waals surface area contributed by atoms with Gasteiger partial charge >= 0.3 is 0 Å². The van der Waals surface area contributed by atoms with Crippen molar-refractivity contribution < 1.29 is 14.3 Å². The van der Waals surface area contributed by atoms with E-state index in [-0.39, 0.29) is 23.4 Å². The maximum absolute atomic E-state index is 11.9. The van der Waals surface area contributed by atoms with E-state index in [1.165, 1.54) is 6.92 Å². The van der Waals surface area contributed by atoms with Gasteiger partial charge in [-0.05, 0) is 84.0 Å². The van der Waals surface area contributed by atoms with E-state index in [0.29, 0.717) is 17.0 Å². The molecule has 2 rings (SSSR count). The molecule has 0 spiro atoms. The minimum absolute atomic E-state index is 0.0122. The third-order valence-electron chi connectivity index (χ3n) is 3.25. The molecule has 0 heterocycles. The third kappa shape index (κ3) is 5.95. The summed E-state index contributed by atoms with van der Waals surface area (Å²) in [7, 11) is 0. The Morgan fingerprint density at radius 3 is 2.44 bits per heavy atom. The average molecular weight is 421 g/mol. The molecule has 5 nitrogen and oxygen atoms in total. The Morgan fingerprint density at radius 1 is 1.16 bits per heavy atom. The number of ketones is 1. The van der Waals surface area contributed by atoms with Crippen molar-refractivity contribution in [3.8, 4) is 5.75 Å². The molecule has 0 radical (unpaired) electrons. The predicted octanol–water partition coefficient (Wildman–Crippen LogP) is 3.85. The monoisotopic (exact) mass is 420 g/mol. The topological polar surface area (TPSA) is 67.4 Å². The van der Waals surface area contributed by atoms with Crippen LogP contribution in [0.5, 0.6) is 5.75 Å². The summed E-state index contributed by atoms with van der Waals surface area (Å²) in [4.78, 5) is 23.2. The number of nitrogens with one attached hydrogen (secondary N) is 2. The van der Waals surface area contributed by atoms with Crippen LogP contribution in [0.3, 0.4) is 0 Å². The van der Waals surface area contributed by atoms with Crippen LogP contribution in [-0.4, -0.2) is 23.4 Å². The van der Waals surface area contributed by atoms with Crippen molar-refractivity contribution in [2.75, 3.05) is 11.9 Å². The lowest BCUT2D eigenvalue weighted by Crippen LogP contribution is -2.37. The smallest absolute Gasteiger partial charge is 0.264 e. The van der Waals surface area contributed by atoms with Crippen molar-refractivity contribution in [3.05, 3.63) is 58.1 Å². The van der Waals surface area contributed by atoms with E-state index in [0.717, 1.165) is 10.0 Å². The van der Waals surface area contributed by atoms with Crippen LogP contribution >= 0.6 is 28.1 Å². The molecular formula is C18H17BrN2O3S. The molecule has 0 saturated heterocycles. The molecule has 130 valence electrons. The molecule has 2 aromatic carbocycles. The number of amides is 1. The minimum atomic E-state index is -0.370. The van der Waals surface area contributed by atoms with Crippen LogP contribution in [0.2, 0.25) is 0 Å². The first-order chi connectivity index (χ1) is 11.8. The summed E-state index contributed by atoms with van der Waals surface area (Å²) < 4.78 is 6.25. The number of rotatable bonds is 5. The number of Topliss-reactive ketones (excluding diaryl/α,β-unsaturated/α-hetero) is 1. The summed E-state index contributed by atoms with van der Waals surface area (Å²) >= 11 is 8.49. The first kappa shape index (κ1) is 19.1. The largest absolute Gasteiger partial charge is 0.483 e. The first-order valence-corrected chi connectivity index (χ1v) is 8.66. The zero-order valence-corrected chi connectivity index (χ0v) is 16.2. The highest BCUT2D eigenvalue weighted by Gasteiger charge is 2.08. The van der Waals surface area contributed by atoms with E-state index >= 15 is 0 Å². The fraction of sp³-hybridized carbons (Fsp3) is 0.167. The Morgan fingerprint density at radius 2 is 1.84 bits per heavy atom. The van der Waals surface area contributed by atoms with E-state index in [9.17, 15) is 9.59 Å². The van der Waals surface area contributed by atoms with Gasteiger partial charge in [-0.15, -0.1) is 0 Å². The van der Waals surface area contributed by atoms with Gasteiger partial charge in [0.1, 0.15) is 5.75 Å².